The molecule has 4 heterocycles. The first-order chi connectivity index (χ1) is 15.7. The standard InChI is InChI=1S/C22H15F3N6O2/c1-13-5-6-18-28-15(8-19(32)30(18)10-13)11-29-12-26-20-17(21(29)33)9-27-31(20)16-4-2-3-14(7-16)22(23,24)25/h2-10,12H,11H2,1H3. The minimum absolute atomic E-state index is 0.00384. The van der Waals surface area contributed by atoms with Crippen molar-refractivity contribution in [2.24, 2.45) is 0 Å². The van der Waals surface area contributed by atoms with E-state index < -0.39 is 17.3 Å². The van der Waals surface area contributed by atoms with E-state index in [0.29, 0.717) is 11.3 Å². The lowest BCUT2D eigenvalue weighted by Crippen LogP contribution is -2.23. The van der Waals surface area contributed by atoms with E-state index in [4.69, 9.17) is 0 Å². The molecule has 33 heavy (non-hydrogen) atoms. The average Bonchev–Trinajstić information content (AvgIpc) is 3.21. The van der Waals surface area contributed by atoms with E-state index in [1.54, 1.807) is 12.3 Å². The normalized spacial score (nSPS) is 12.0. The Morgan fingerprint density at radius 3 is 2.67 bits per heavy atom. The number of alkyl halides is 3. The minimum atomic E-state index is -4.51. The summed E-state index contributed by atoms with van der Waals surface area (Å²) in [7, 11) is 0. The van der Waals surface area contributed by atoms with Crippen LogP contribution in [0, 0.1) is 6.92 Å². The van der Waals surface area contributed by atoms with Crippen LogP contribution in [0.2, 0.25) is 0 Å². The van der Waals surface area contributed by atoms with Crippen molar-refractivity contribution >= 4 is 16.7 Å². The molecule has 0 fully saturated rings. The number of aromatic nitrogens is 6. The van der Waals surface area contributed by atoms with Gasteiger partial charge in [-0.15, -0.1) is 0 Å². The third kappa shape index (κ3) is 3.67. The number of fused-ring (bicyclic) bond motifs is 2. The third-order valence-corrected chi connectivity index (χ3v) is 5.17. The van der Waals surface area contributed by atoms with Gasteiger partial charge in [0, 0.05) is 12.3 Å². The lowest BCUT2D eigenvalue weighted by Gasteiger charge is -2.10. The van der Waals surface area contributed by atoms with Crippen LogP contribution in [0.25, 0.3) is 22.4 Å². The van der Waals surface area contributed by atoms with Crippen LogP contribution in [0.3, 0.4) is 0 Å². The van der Waals surface area contributed by atoms with Crippen LogP contribution in [0.1, 0.15) is 16.8 Å². The molecule has 0 unspecified atom stereocenters. The fourth-order valence-corrected chi connectivity index (χ4v) is 3.58. The summed E-state index contributed by atoms with van der Waals surface area (Å²) >= 11 is 0. The number of nitrogens with zero attached hydrogens (tertiary/aromatic N) is 6. The Balaban J connectivity index is 1.55. The summed E-state index contributed by atoms with van der Waals surface area (Å²) in [6.45, 7) is 1.86. The summed E-state index contributed by atoms with van der Waals surface area (Å²) in [6, 6.07) is 9.48. The van der Waals surface area contributed by atoms with Gasteiger partial charge in [-0.2, -0.15) is 18.3 Å². The van der Waals surface area contributed by atoms with Gasteiger partial charge in [-0.3, -0.25) is 18.6 Å². The van der Waals surface area contributed by atoms with Gasteiger partial charge in [0.05, 0.1) is 29.7 Å². The van der Waals surface area contributed by atoms with E-state index in [-0.39, 0.29) is 28.8 Å². The molecule has 0 radical (unpaired) electrons. The highest BCUT2D eigenvalue weighted by atomic mass is 19.4. The van der Waals surface area contributed by atoms with Crippen LogP contribution in [-0.4, -0.2) is 28.7 Å². The Morgan fingerprint density at radius 2 is 1.88 bits per heavy atom. The lowest BCUT2D eigenvalue weighted by atomic mass is 10.2. The van der Waals surface area contributed by atoms with E-state index in [1.165, 1.54) is 44.4 Å². The van der Waals surface area contributed by atoms with E-state index in [2.05, 4.69) is 15.1 Å². The summed E-state index contributed by atoms with van der Waals surface area (Å²) in [5.41, 5.74) is 0.410. The number of benzene rings is 1. The molecule has 0 amide bonds. The number of hydrogen-bond donors (Lipinski definition) is 0. The molecule has 1 aromatic carbocycles. The zero-order valence-electron chi connectivity index (χ0n) is 17.1. The topological polar surface area (TPSA) is 87.1 Å². The molecule has 8 nitrogen and oxygen atoms in total. The van der Waals surface area contributed by atoms with Crippen LogP contribution in [-0.2, 0) is 12.7 Å². The summed E-state index contributed by atoms with van der Waals surface area (Å²) in [5.74, 6) is 0. The second kappa shape index (κ2) is 7.40. The van der Waals surface area contributed by atoms with Crippen LogP contribution in [0.5, 0.6) is 0 Å². The highest BCUT2D eigenvalue weighted by molar-refractivity contribution is 5.75. The van der Waals surface area contributed by atoms with Crippen molar-refractivity contribution < 1.29 is 13.2 Å². The highest BCUT2D eigenvalue weighted by Gasteiger charge is 2.30. The predicted octanol–water partition coefficient (Wildman–Crippen LogP) is 2.97. The monoisotopic (exact) mass is 452 g/mol. The number of aryl methyl sites for hydroxylation is 1. The van der Waals surface area contributed by atoms with Crippen LogP contribution >= 0.6 is 0 Å². The number of halogens is 3. The van der Waals surface area contributed by atoms with Gasteiger partial charge in [0.2, 0.25) is 0 Å². The van der Waals surface area contributed by atoms with Gasteiger partial charge in [-0.25, -0.2) is 14.6 Å². The van der Waals surface area contributed by atoms with E-state index in [9.17, 15) is 22.8 Å². The van der Waals surface area contributed by atoms with Crippen molar-refractivity contribution in [1.29, 1.82) is 0 Å². The number of pyridine rings is 1. The molecule has 4 aromatic heterocycles. The van der Waals surface area contributed by atoms with Gasteiger partial charge in [0.25, 0.3) is 11.1 Å². The fourth-order valence-electron chi connectivity index (χ4n) is 3.58. The van der Waals surface area contributed by atoms with Crippen LogP contribution in [0.4, 0.5) is 13.2 Å². The zero-order chi connectivity index (χ0) is 23.3. The SMILES string of the molecule is Cc1ccc2nc(Cn3cnc4c(cnn4-c4cccc(C(F)(F)F)c4)c3=O)cc(=O)n2c1. The maximum atomic E-state index is 13.1. The second-order valence-electron chi connectivity index (χ2n) is 7.54. The molecule has 0 N–H and O–H groups in total. The molecule has 0 bridgehead atoms. The summed E-state index contributed by atoms with van der Waals surface area (Å²) in [4.78, 5) is 34.1. The van der Waals surface area contributed by atoms with E-state index in [1.807, 2.05) is 13.0 Å². The van der Waals surface area contributed by atoms with Gasteiger partial charge in [0.15, 0.2) is 5.65 Å². The molecular formula is C22H15F3N6O2. The van der Waals surface area contributed by atoms with Crippen LogP contribution < -0.4 is 11.1 Å². The Labute approximate surface area is 183 Å². The van der Waals surface area contributed by atoms with Gasteiger partial charge >= 0.3 is 6.18 Å². The van der Waals surface area contributed by atoms with Crippen molar-refractivity contribution in [1.82, 2.24) is 28.7 Å². The smallest absolute Gasteiger partial charge is 0.292 e. The zero-order valence-corrected chi connectivity index (χ0v) is 17.1. The Kier molecular flexibility index (Phi) is 4.62. The first-order valence-corrected chi connectivity index (χ1v) is 9.80. The van der Waals surface area contributed by atoms with Gasteiger partial charge in [-0.1, -0.05) is 12.1 Å². The van der Waals surface area contributed by atoms with Gasteiger partial charge in [-0.05, 0) is 36.8 Å². The van der Waals surface area contributed by atoms with Crippen molar-refractivity contribution in [3.63, 3.8) is 0 Å². The molecule has 0 aliphatic rings. The summed E-state index contributed by atoms with van der Waals surface area (Å²) < 4.78 is 43.1. The summed E-state index contributed by atoms with van der Waals surface area (Å²) in [5, 5.41) is 4.19. The molecule has 5 rings (SSSR count). The number of rotatable bonds is 3. The van der Waals surface area contributed by atoms with E-state index in [0.717, 1.165) is 17.7 Å². The maximum absolute atomic E-state index is 13.1. The molecule has 0 saturated carbocycles. The number of hydrogen-bond acceptors (Lipinski definition) is 5. The Bertz CT molecular complexity index is 1650. The average molecular weight is 452 g/mol. The highest BCUT2D eigenvalue weighted by Crippen LogP contribution is 2.30. The van der Waals surface area contributed by atoms with Crippen molar-refractivity contribution in [3.05, 3.63) is 98.7 Å². The lowest BCUT2D eigenvalue weighted by molar-refractivity contribution is -0.137. The summed E-state index contributed by atoms with van der Waals surface area (Å²) in [6.07, 6.45) is -0.318. The molecule has 0 atom stereocenters. The molecular weight excluding hydrogens is 437 g/mol. The molecule has 0 aliphatic heterocycles. The molecule has 0 spiro atoms. The quantitative estimate of drug-likeness (QED) is 0.420. The first kappa shape index (κ1) is 20.6. The van der Waals surface area contributed by atoms with Crippen LogP contribution in [0.15, 0.2) is 70.8 Å². The first-order valence-electron chi connectivity index (χ1n) is 9.80. The van der Waals surface area contributed by atoms with Crippen molar-refractivity contribution in [3.8, 4) is 5.69 Å². The Morgan fingerprint density at radius 1 is 1.06 bits per heavy atom. The van der Waals surface area contributed by atoms with Crippen molar-refractivity contribution in [2.75, 3.05) is 0 Å². The molecule has 0 aliphatic carbocycles. The second-order valence-corrected chi connectivity index (χ2v) is 7.54. The molecule has 5 aromatic rings. The van der Waals surface area contributed by atoms with Crippen molar-refractivity contribution in [2.45, 2.75) is 19.6 Å². The minimum Gasteiger partial charge on any atom is -0.292 e. The molecule has 166 valence electrons. The van der Waals surface area contributed by atoms with Gasteiger partial charge < -0.3 is 0 Å². The largest absolute Gasteiger partial charge is 0.416 e. The van der Waals surface area contributed by atoms with Gasteiger partial charge in [0.1, 0.15) is 17.4 Å². The Hall–Kier alpha value is -4.28. The third-order valence-electron chi connectivity index (χ3n) is 5.17. The fraction of sp³-hybridized carbons (Fsp3) is 0.136. The predicted molar refractivity (Wildman–Crippen MR) is 113 cm³/mol. The maximum Gasteiger partial charge on any atom is 0.416 e. The molecule has 0 saturated heterocycles. The van der Waals surface area contributed by atoms with E-state index >= 15 is 0 Å². The molecule has 11 heteroatoms.